The van der Waals surface area contributed by atoms with E-state index in [9.17, 15) is 27.1 Å². The average Bonchev–Trinajstić information content (AvgIpc) is 3.15. The average molecular weight is 509 g/mol. The molecule has 3 rings (SSSR count). The molecule has 188 valence electrons. The van der Waals surface area contributed by atoms with E-state index in [1.807, 2.05) is 26.0 Å². The first-order valence-corrected chi connectivity index (χ1v) is 12.7. The first-order valence-electron chi connectivity index (χ1n) is 10.8. The first kappa shape index (κ1) is 26.4. The van der Waals surface area contributed by atoms with E-state index in [0.717, 1.165) is 35.1 Å². The van der Waals surface area contributed by atoms with Crippen LogP contribution in [0, 0.1) is 25.5 Å². The first-order chi connectivity index (χ1) is 16.2. The van der Waals surface area contributed by atoms with Gasteiger partial charge in [0.2, 0.25) is 6.33 Å². The maximum absolute atomic E-state index is 14.6. The van der Waals surface area contributed by atoms with E-state index in [4.69, 9.17) is 4.74 Å². The smallest absolute Gasteiger partial charge is 0.308 e. The molecule has 0 spiro atoms. The van der Waals surface area contributed by atoms with E-state index in [1.165, 1.54) is 24.9 Å². The number of aryl methyl sites for hydroxylation is 2. The van der Waals surface area contributed by atoms with Gasteiger partial charge in [-0.3, -0.25) is 4.79 Å². The van der Waals surface area contributed by atoms with Crippen LogP contribution >= 0.6 is 0 Å². The highest BCUT2D eigenvalue weighted by Crippen LogP contribution is 2.33. The van der Waals surface area contributed by atoms with Gasteiger partial charge in [-0.2, -0.15) is 0 Å². The summed E-state index contributed by atoms with van der Waals surface area (Å²) in [6, 6.07) is 6.34. The quantitative estimate of drug-likeness (QED) is 0.285. The summed E-state index contributed by atoms with van der Waals surface area (Å²) in [4.78, 5) is 11.3. The van der Waals surface area contributed by atoms with Gasteiger partial charge in [0.15, 0.2) is 9.84 Å². The Morgan fingerprint density at radius 2 is 1.86 bits per heavy atom. The SMILES string of the molecule is CC(=O)Oc1c(C)cc(C[n+]2cnn(CC(O)(c3ccc(F)cc3F)C(C)S(C)(=O)=O)c2)cc1C. The van der Waals surface area contributed by atoms with Gasteiger partial charge in [0.05, 0.1) is 11.8 Å². The zero-order valence-corrected chi connectivity index (χ0v) is 20.9. The van der Waals surface area contributed by atoms with Crippen LogP contribution in [0.5, 0.6) is 5.75 Å². The second-order valence-corrected chi connectivity index (χ2v) is 11.2. The van der Waals surface area contributed by atoms with Crippen molar-refractivity contribution in [1.29, 1.82) is 0 Å². The molecule has 0 radical (unpaired) electrons. The topological polar surface area (TPSA) is 102 Å². The van der Waals surface area contributed by atoms with Crippen molar-refractivity contribution in [3.05, 3.63) is 76.9 Å². The van der Waals surface area contributed by atoms with Gasteiger partial charge in [-0.05, 0) is 55.7 Å². The van der Waals surface area contributed by atoms with Gasteiger partial charge >= 0.3 is 5.97 Å². The number of carbonyl (C=O) groups excluding carboxylic acids is 1. The number of ether oxygens (including phenoxy) is 1. The Hall–Kier alpha value is -3.18. The molecule has 2 unspecified atom stereocenters. The van der Waals surface area contributed by atoms with Crippen LogP contribution in [-0.2, 0) is 33.3 Å². The van der Waals surface area contributed by atoms with Crippen molar-refractivity contribution in [3.8, 4) is 5.75 Å². The fraction of sp³-hybridized carbons (Fsp3) is 0.375. The maximum atomic E-state index is 14.6. The molecule has 0 amide bonds. The summed E-state index contributed by atoms with van der Waals surface area (Å²) in [6.45, 7) is 6.25. The molecule has 0 aliphatic rings. The van der Waals surface area contributed by atoms with Gasteiger partial charge in [-0.25, -0.2) is 21.8 Å². The molecule has 1 N–H and O–H groups in total. The molecule has 3 aromatic rings. The minimum atomic E-state index is -3.81. The Kier molecular flexibility index (Phi) is 7.42. The number of carbonyl (C=O) groups is 1. The van der Waals surface area contributed by atoms with Crippen LogP contribution in [0.2, 0.25) is 0 Å². The van der Waals surface area contributed by atoms with Crippen LogP contribution in [0.4, 0.5) is 8.78 Å². The standard InChI is InChI=1S/C24H28F2N3O5S/c1-15-8-19(9-16(2)23(15)34-18(4)30)11-28-13-27-29(14-28)12-24(31,17(3)35(5,32)33)21-7-6-20(25)10-22(21)26/h6-10,13-14,17,31H,11-12H2,1-5H3/q+1. The number of benzene rings is 2. The third kappa shape index (κ3) is 5.91. The molecule has 0 fully saturated rings. The largest absolute Gasteiger partial charge is 0.426 e. The van der Waals surface area contributed by atoms with E-state index in [0.29, 0.717) is 18.4 Å². The molecule has 2 aromatic carbocycles. The van der Waals surface area contributed by atoms with E-state index in [2.05, 4.69) is 5.10 Å². The second kappa shape index (κ2) is 9.82. The van der Waals surface area contributed by atoms with E-state index < -0.39 is 38.3 Å². The normalized spacial score (nSPS) is 14.4. The van der Waals surface area contributed by atoms with Crippen LogP contribution in [0.1, 0.15) is 36.1 Å². The van der Waals surface area contributed by atoms with Gasteiger partial charge in [-0.1, -0.05) is 6.07 Å². The number of hydrogen-bond acceptors (Lipinski definition) is 6. The lowest BCUT2D eigenvalue weighted by atomic mass is 9.90. The zero-order valence-electron chi connectivity index (χ0n) is 20.1. The third-order valence-corrected chi connectivity index (χ3v) is 7.55. The predicted molar refractivity (Wildman–Crippen MR) is 123 cm³/mol. The Balaban J connectivity index is 1.92. The van der Waals surface area contributed by atoms with Crippen LogP contribution in [0.3, 0.4) is 0 Å². The third-order valence-electron chi connectivity index (χ3n) is 5.88. The van der Waals surface area contributed by atoms with Crippen molar-refractivity contribution in [3.63, 3.8) is 0 Å². The minimum Gasteiger partial charge on any atom is -0.426 e. The summed E-state index contributed by atoms with van der Waals surface area (Å²) in [6.07, 6.45) is 3.97. The number of nitrogens with zero attached hydrogens (tertiary/aromatic N) is 3. The van der Waals surface area contributed by atoms with Crippen molar-refractivity contribution in [2.75, 3.05) is 6.26 Å². The highest BCUT2D eigenvalue weighted by atomic mass is 32.2. The van der Waals surface area contributed by atoms with Crippen LogP contribution in [0.15, 0.2) is 43.0 Å². The fourth-order valence-corrected chi connectivity index (χ4v) is 4.96. The van der Waals surface area contributed by atoms with Crippen molar-refractivity contribution < 1.29 is 36.4 Å². The summed E-state index contributed by atoms with van der Waals surface area (Å²) in [7, 11) is -3.81. The van der Waals surface area contributed by atoms with E-state index >= 15 is 0 Å². The Morgan fingerprint density at radius 3 is 2.40 bits per heavy atom. The van der Waals surface area contributed by atoms with Crippen molar-refractivity contribution in [1.82, 2.24) is 9.78 Å². The number of aromatic nitrogens is 3. The van der Waals surface area contributed by atoms with Gasteiger partial charge in [0.25, 0.3) is 6.33 Å². The summed E-state index contributed by atoms with van der Waals surface area (Å²) >= 11 is 0. The zero-order chi connectivity index (χ0) is 26.1. The lowest BCUT2D eigenvalue weighted by Gasteiger charge is -2.31. The molecule has 8 nitrogen and oxygen atoms in total. The van der Waals surface area contributed by atoms with Crippen molar-refractivity contribution >= 4 is 15.8 Å². The Morgan fingerprint density at radius 1 is 1.23 bits per heavy atom. The van der Waals surface area contributed by atoms with Crippen molar-refractivity contribution in [2.24, 2.45) is 0 Å². The highest BCUT2D eigenvalue weighted by molar-refractivity contribution is 7.91. The fourth-order valence-electron chi connectivity index (χ4n) is 4.05. The van der Waals surface area contributed by atoms with Gasteiger partial charge in [0.1, 0.15) is 29.5 Å². The molecule has 11 heteroatoms. The molecule has 0 saturated carbocycles. The number of halogens is 2. The Bertz CT molecular complexity index is 1350. The number of hydrogen-bond donors (Lipinski definition) is 1. The number of sulfone groups is 1. The van der Waals surface area contributed by atoms with Gasteiger partial charge in [0, 0.05) is 29.9 Å². The molecule has 35 heavy (non-hydrogen) atoms. The predicted octanol–water partition coefficient (Wildman–Crippen LogP) is 2.36. The van der Waals surface area contributed by atoms with Crippen molar-refractivity contribution in [2.45, 2.75) is 51.6 Å². The van der Waals surface area contributed by atoms with Gasteiger partial charge < -0.3 is 9.84 Å². The van der Waals surface area contributed by atoms with Crippen LogP contribution in [0.25, 0.3) is 0 Å². The minimum absolute atomic E-state index is 0.341. The number of rotatable bonds is 8. The lowest BCUT2D eigenvalue weighted by Crippen LogP contribution is -2.46. The van der Waals surface area contributed by atoms with E-state index in [1.54, 1.807) is 10.9 Å². The summed E-state index contributed by atoms with van der Waals surface area (Å²) in [5, 5.41) is 14.2. The summed E-state index contributed by atoms with van der Waals surface area (Å²) < 4.78 is 60.9. The Labute approximate surface area is 202 Å². The van der Waals surface area contributed by atoms with Crippen LogP contribution in [-0.4, -0.2) is 40.8 Å². The van der Waals surface area contributed by atoms with E-state index in [-0.39, 0.29) is 12.1 Å². The molecule has 0 aliphatic carbocycles. The number of esters is 1. The maximum Gasteiger partial charge on any atom is 0.308 e. The summed E-state index contributed by atoms with van der Waals surface area (Å²) in [5.74, 6) is -1.80. The monoisotopic (exact) mass is 508 g/mol. The molecule has 2 atom stereocenters. The molecule has 0 saturated heterocycles. The molecule has 0 bridgehead atoms. The number of aliphatic hydroxyl groups is 1. The lowest BCUT2D eigenvalue weighted by molar-refractivity contribution is -0.689. The molecular formula is C24H28F2N3O5S+. The van der Waals surface area contributed by atoms with Crippen LogP contribution < -0.4 is 9.30 Å². The molecule has 1 heterocycles. The second-order valence-electron chi connectivity index (χ2n) is 8.79. The summed E-state index contributed by atoms with van der Waals surface area (Å²) in [5.41, 5.74) is -0.0951. The van der Waals surface area contributed by atoms with Gasteiger partial charge in [-0.15, -0.1) is 4.68 Å². The molecular weight excluding hydrogens is 480 g/mol. The molecule has 0 aliphatic heterocycles. The highest BCUT2D eigenvalue weighted by Gasteiger charge is 2.45. The molecule has 1 aromatic heterocycles.